The Morgan fingerprint density at radius 2 is 1.35 bits per heavy atom. The number of rotatable bonds is 23. The molecule has 2 heterocycles. The quantitative estimate of drug-likeness (QED) is 0.109. The van der Waals surface area contributed by atoms with Crippen LogP contribution in [0.15, 0.2) is 116 Å². The first-order valence-corrected chi connectivity index (χ1v) is 18.5. The topological polar surface area (TPSA) is 76.6 Å². The molecule has 0 spiro atoms. The van der Waals surface area contributed by atoms with Gasteiger partial charge in [-0.2, -0.15) is 0 Å². The number of aryl methyl sites for hydroxylation is 1. The van der Waals surface area contributed by atoms with Crippen LogP contribution in [0.3, 0.4) is 0 Å². The molecule has 1 aliphatic rings. The maximum absolute atomic E-state index is 13.0. The van der Waals surface area contributed by atoms with Crippen LogP contribution < -0.4 is 4.74 Å². The third-order valence-electron chi connectivity index (χ3n) is 7.79. The molecule has 0 aliphatic carbocycles. The highest BCUT2D eigenvalue weighted by Crippen LogP contribution is 2.30. The van der Waals surface area contributed by atoms with Crippen LogP contribution >= 0.6 is 11.8 Å². The molecule has 3 rings (SSSR count). The maximum atomic E-state index is 13.0. The molecular formula is C42H52N2O4S. The lowest BCUT2D eigenvalue weighted by Crippen LogP contribution is -2.36. The van der Waals surface area contributed by atoms with Gasteiger partial charge in [0.25, 0.3) is 5.24 Å². The van der Waals surface area contributed by atoms with E-state index >= 15 is 0 Å². The molecule has 1 unspecified atom stereocenters. The molecule has 1 aromatic carbocycles. The second-order valence-electron chi connectivity index (χ2n) is 11.7. The van der Waals surface area contributed by atoms with E-state index in [2.05, 4.69) is 85.7 Å². The number of ether oxygens (including phenoxy) is 1. The molecule has 49 heavy (non-hydrogen) atoms. The SMILES string of the molecule is CC/C=C\C/C=C\C/C=C\C/C=C\C/C=C\C/C=C\CCC(=O)CN1C(=O)SC(Cc2ccc(OCCc3ccc(CC)cn3)cc2)C1=O. The highest BCUT2D eigenvalue weighted by Gasteiger charge is 2.40. The van der Waals surface area contributed by atoms with Crippen LogP contribution in [0.1, 0.15) is 82.0 Å². The van der Waals surface area contributed by atoms with E-state index in [0.717, 1.165) is 85.0 Å². The molecule has 0 radical (unpaired) electrons. The third kappa shape index (κ3) is 16.1. The van der Waals surface area contributed by atoms with Crippen LogP contribution in [0.4, 0.5) is 4.79 Å². The van der Waals surface area contributed by atoms with Crippen molar-refractivity contribution in [3.05, 3.63) is 132 Å². The van der Waals surface area contributed by atoms with Gasteiger partial charge in [-0.05, 0) is 87.1 Å². The van der Waals surface area contributed by atoms with Crippen molar-refractivity contribution in [3.8, 4) is 5.75 Å². The minimum absolute atomic E-state index is 0.111. The predicted molar refractivity (Wildman–Crippen MR) is 204 cm³/mol. The average molecular weight is 681 g/mol. The van der Waals surface area contributed by atoms with Gasteiger partial charge in [-0.15, -0.1) is 0 Å². The summed E-state index contributed by atoms with van der Waals surface area (Å²) in [6, 6.07) is 11.7. The number of aromatic nitrogens is 1. The number of carbonyl (C=O) groups excluding carboxylic acids is 3. The molecule has 260 valence electrons. The van der Waals surface area contributed by atoms with Crippen molar-refractivity contribution in [1.29, 1.82) is 0 Å². The Balaban J connectivity index is 1.25. The van der Waals surface area contributed by atoms with E-state index in [0.29, 0.717) is 25.9 Å². The summed E-state index contributed by atoms with van der Waals surface area (Å²) in [5.41, 5.74) is 3.15. The lowest BCUT2D eigenvalue weighted by atomic mass is 10.1. The minimum Gasteiger partial charge on any atom is -0.493 e. The predicted octanol–water partition coefficient (Wildman–Crippen LogP) is 9.92. The molecular weight excluding hydrogens is 629 g/mol. The molecule has 1 aromatic heterocycles. The first kappa shape index (κ1) is 39.2. The minimum atomic E-state index is -0.521. The summed E-state index contributed by atoms with van der Waals surface area (Å²) in [4.78, 5) is 43.6. The van der Waals surface area contributed by atoms with E-state index in [-0.39, 0.29) is 23.5 Å². The van der Waals surface area contributed by atoms with Gasteiger partial charge in [0.15, 0.2) is 5.78 Å². The lowest BCUT2D eigenvalue weighted by molar-refractivity contribution is -0.131. The number of ketones is 1. The zero-order valence-electron chi connectivity index (χ0n) is 29.2. The molecule has 0 saturated carbocycles. The highest BCUT2D eigenvalue weighted by molar-refractivity contribution is 8.15. The van der Waals surface area contributed by atoms with Crippen LogP contribution in [0.2, 0.25) is 0 Å². The molecule has 0 N–H and O–H groups in total. The first-order chi connectivity index (χ1) is 24.0. The van der Waals surface area contributed by atoms with Crippen molar-refractivity contribution >= 4 is 28.7 Å². The Labute approximate surface area is 297 Å². The lowest BCUT2D eigenvalue weighted by Gasteiger charge is -2.13. The Bertz CT molecular complexity index is 1470. The van der Waals surface area contributed by atoms with Crippen molar-refractivity contribution in [2.24, 2.45) is 0 Å². The van der Waals surface area contributed by atoms with Gasteiger partial charge >= 0.3 is 0 Å². The normalized spacial score (nSPS) is 15.6. The molecule has 1 aliphatic heterocycles. The van der Waals surface area contributed by atoms with Crippen molar-refractivity contribution in [1.82, 2.24) is 9.88 Å². The van der Waals surface area contributed by atoms with Crippen molar-refractivity contribution in [2.45, 2.75) is 89.7 Å². The number of thioether (sulfide) groups is 1. The number of hydrogen-bond donors (Lipinski definition) is 0. The Hall–Kier alpha value is -4.23. The van der Waals surface area contributed by atoms with E-state index in [4.69, 9.17) is 4.74 Å². The van der Waals surface area contributed by atoms with Gasteiger partial charge < -0.3 is 4.74 Å². The number of benzene rings is 1. The van der Waals surface area contributed by atoms with Gasteiger partial charge in [-0.25, -0.2) is 0 Å². The highest BCUT2D eigenvalue weighted by atomic mass is 32.2. The van der Waals surface area contributed by atoms with Crippen LogP contribution in [0.25, 0.3) is 0 Å². The Morgan fingerprint density at radius 1 is 0.776 bits per heavy atom. The summed E-state index contributed by atoms with van der Waals surface area (Å²) in [6.45, 7) is 4.61. The fourth-order valence-electron chi connectivity index (χ4n) is 4.93. The first-order valence-electron chi connectivity index (χ1n) is 17.6. The van der Waals surface area contributed by atoms with Gasteiger partial charge in [0.05, 0.1) is 18.4 Å². The second kappa shape index (κ2) is 24.0. The molecule has 1 atom stereocenters. The zero-order valence-corrected chi connectivity index (χ0v) is 30.0. The van der Waals surface area contributed by atoms with E-state index in [1.165, 1.54) is 5.56 Å². The van der Waals surface area contributed by atoms with Gasteiger partial charge in [0.2, 0.25) is 5.91 Å². The van der Waals surface area contributed by atoms with Gasteiger partial charge in [-0.3, -0.25) is 24.3 Å². The number of nitrogens with zero attached hydrogens (tertiary/aromatic N) is 2. The number of allylic oxidation sites excluding steroid dienone is 12. The molecule has 1 saturated heterocycles. The van der Waals surface area contributed by atoms with Gasteiger partial charge in [0, 0.05) is 24.7 Å². The van der Waals surface area contributed by atoms with Crippen molar-refractivity contribution < 1.29 is 19.1 Å². The van der Waals surface area contributed by atoms with Crippen LogP contribution in [0.5, 0.6) is 5.75 Å². The average Bonchev–Trinajstić information content (AvgIpc) is 3.37. The van der Waals surface area contributed by atoms with Gasteiger partial charge in [0.1, 0.15) is 5.75 Å². The molecule has 7 heteroatoms. The van der Waals surface area contributed by atoms with E-state index in [1.807, 2.05) is 48.7 Å². The summed E-state index contributed by atoms with van der Waals surface area (Å²) < 4.78 is 5.87. The summed E-state index contributed by atoms with van der Waals surface area (Å²) in [6.07, 6.45) is 36.4. The third-order valence-corrected chi connectivity index (χ3v) is 8.87. The smallest absolute Gasteiger partial charge is 0.289 e. The Morgan fingerprint density at radius 3 is 1.90 bits per heavy atom. The van der Waals surface area contributed by atoms with E-state index < -0.39 is 5.25 Å². The number of amides is 2. The molecule has 1 fully saturated rings. The summed E-state index contributed by atoms with van der Waals surface area (Å²) in [5, 5.41) is -0.870. The van der Waals surface area contributed by atoms with Gasteiger partial charge in [-0.1, -0.05) is 117 Å². The Kier molecular flexibility index (Phi) is 19.2. The standard InChI is InChI=1S/C42H52N2O4S/c1-3-5-6-7-8-9-10-11-12-13-14-15-16-17-18-19-20-21-22-23-38(45)34-44-41(46)40(49-42(44)47)32-36-25-28-39(29-26-36)48-31-30-37-27-24-35(4-2)33-43-37/h5-6,8-9,11-12,14-15,17-18,20-21,24-29,33,40H,3-4,7,10,13,16,19,22-23,30-32,34H2,1-2H3/b6-5-,9-8-,12-11-,15-14-,18-17-,21-20-. The fourth-order valence-corrected chi connectivity index (χ4v) is 5.96. The molecule has 2 aromatic rings. The van der Waals surface area contributed by atoms with Crippen LogP contribution in [0, 0.1) is 0 Å². The summed E-state index contributed by atoms with van der Waals surface area (Å²) >= 11 is 1.00. The second-order valence-corrected chi connectivity index (χ2v) is 12.9. The fraction of sp³-hybridized carbons (Fsp3) is 0.381. The number of carbonyl (C=O) groups is 3. The largest absolute Gasteiger partial charge is 0.493 e. The van der Waals surface area contributed by atoms with Crippen LogP contribution in [-0.4, -0.2) is 45.2 Å². The summed E-state index contributed by atoms with van der Waals surface area (Å²) in [5.74, 6) is 0.342. The number of imide groups is 1. The molecule has 0 bridgehead atoms. The molecule has 6 nitrogen and oxygen atoms in total. The summed E-state index contributed by atoms with van der Waals surface area (Å²) in [7, 11) is 0. The zero-order chi connectivity index (χ0) is 34.9. The van der Waals surface area contributed by atoms with Crippen LogP contribution in [-0.2, 0) is 28.9 Å². The van der Waals surface area contributed by atoms with Crippen molar-refractivity contribution in [3.63, 3.8) is 0 Å². The number of Topliss-reactive ketones (excluding diaryl/α,β-unsaturated/α-hetero) is 1. The number of hydrogen-bond acceptors (Lipinski definition) is 6. The monoisotopic (exact) mass is 680 g/mol. The van der Waals surface area contributed by atoms with Crippen molar-refractivity contribution in [2.75, 3.05) is 13.2 Å². The van der Waals surface area contributed by atoms with E-state index in [1.54, 1.807) is 0 Å². The maximum Gasteiger partial charge on any atom is 0.289 e. The molecule has 2 amide bonds. The van der Waals surface area contributed by atoms with E-state index in [9.17, 15) is 14.4 Å². The number of pyridine rings is 1.